The minimum absolute atomic E-state index is 0.0130. The number of rotatable bonds is 6. The molecule has 1 aliphatic heterocycles. The van der Waals surface area contributed by atoms with Gasteiger partial charge in [0.25, 0.3) is 5.56 Å². The van der Waals surface area contributed by atoms with Crippen LogP contribution in [0, 0.1) is 0 Å². The summed E-state index contributed by atoms with van der Waals surface area (Å²) in [6.07, 6.45) is 9.14. The first-order valence-corrected chi connectivity index (χ1v) is 12.5. The Balaban J connectivity index is 0.00000148. The molecule has 0 saturated carbocycles. The van der Waals surface area contributed by atoms with Crippen molar-refractivity contribution in [1.29, 1.82) is 0 Å². The van der Waals surface area contributed by atoms with E-state index in [4.69, 9.17) is 9.72 Å². The van der Waals surface area contributed by atoms with Crippen molar-refractivity contribution in [3.63, 3.8) is 0 Å². The quantitative estimate of drug-likeness (QED) is 0.205. The molecule has 0 bridgehead atoms. The van der Waals surface area contributed by atoms with Gasteiger partial charge in [-0.15, -0.1) is 0 Å². The third kappa shape index (κ3) is 5.21. The van der Waals surface area contributed by atoms with Crippen LogP contribution in [0.1, 0.15) is 43.9 Å². The number of benzene rings is 2. The van der Waals surface area contributed by atoms with Crippen LogP contribution >= 0.6 is 0 Å². The predicted octanol–water partition coefficient (Wildman–Crippen LogP) is 5.52. The van der Waals surface area contributed by atoms with Crippen LogP contribution in [0.4, 0.5) is 5.82 Å². The Bertz CT molecular complexity index is 1420. The molecule has 0 atom stereocenters. The number of hydrazone groups is 1. The lowest BCUT2D eigenvalue weighted by Gasteiger charge is -2.24. The average Bonchev–Trinajstić information content (AvgIpc) is 2.94. The fourth-order valence-corrected chi connectivity index (χ4v) is 4.56. The monoisotopic (exact) mass is 483 g/mol. The molecule has 2 aromatic carbocycles. The van der Waals surface area contributed by atoms with Crippen molar-refractivity contribution < 1.29 is 4.74 Å². The van der Waals surface area contributed by atoms with Crippen molar-refractivity contribution in [3.05, 3.63) is 89.1 Å². The van der Waals surface area contributed by atoms with E-state index in [2.05, 4.69) is 22.7 Å². The minimum atomic E-state index is 0.0130. The van der Waals surface area contributed by atoms with Crippen LogP contribution in [0.25, 0.3) is 21.7 Å². The van der Waals surface area contributed by atoms with Crippen molar-refractivity contribution in [2.45, 2.75) is 39.2 Å². The molecule has 0 amide bonds. The van der Waals surface area contributed by atoms with Crippen LogP contribution in [-0.4, -0.2) is 41.0 Å². The van der Waals surface area contributed by atoms with E-state index in [1.54, 1.807) is 28.2 Å². The molecule has 5 rings (SSSR count). The van der Waals surface area contributed by atoms with E-state index in [0.29, 0.717) is 25.0 Å². The molecular weight excluding hydrogens is 450 g/mol. The first kappa shape index (κ1) is 25.3. The number of anilines is 1. The molecule has 3 heterocycles. The van der Waals surface area contributed by atoms with Gasteiger partial charge in [0.05, 0.1) is 17.2 Å². The highest BCUT2D eigenvalue weighted by Crippen LogP contribution is 2.28. The zero-order valence-corrected chi connectivity index (χ0v) is 21.2. The number of fused-ring (bicyclic) bond motifs is 3. The smallest absolute Gasteiger partial charge is 0.261 e. The normalized spacial score (nSPS) is 14.1. The van der Waals surface area contributed by atoms with Gasteiger partial charge in [0.15, 0.2) is 0 Å². The second-order valence-electron chi connectivity index (χ2n) is 8.50. The number of hydrogen-bond donors (Lipinski definition) is 0. The molecule has 0 unspecified atom stereocenters. The molecule has 0 radical (unpaired) electrons. The lowest BCUT2D eigenvalue weighted by Crippen LogP contribution is -2.29. The van der Waals surface area contributed by atoms with E-state index >= 15 is 0 Å². The van der Waals surface area contributed by atoms with E-state index in [0.717, 1.165) is 46.1 Å². The fraction of sp³-hybridized carbons (Fsp3) is 0.310. The molecule has 0 N–H and O–H groups in total. The summed E-state index contributed by atoms with van der Waals surface area (Å²) in [6, 6.07) is 14.3. The van der Waals surface area contributed by atoms with Crippen molar-refractivity contribution in [1.82, 2.24) is 14.5 Å². The maximum absolute atomic E-state index is 13.5. The summed E-state index contributed by atoms with van der Waals surface area (Å²) in [5.74, 6) is 0.744. The highest BCUT2D eigenvalue weighted by Gasteiger charge is 2.19. The third-order valence-electron chi connectivity index (χ3n) is 6.34. The molecule has 1 saturated heterocycles. The van der Waals surface area contributed by atoms with Gasteiger partial charge in [-0.1, -0.05) is 50.8 Å². The Kier molecular flexibility index (Phi) is 8.23. The molecule has 0 spiro atoms. The zero-order chi connectivity index (χ0) is 25.5. The Morgan fingerprint density at radius 1 is 1.11 bits per heavy atom. The number of nitrogens with zero attached hydrogens (tertiary/aromatic N) is 5. The standard InChI is InChI=1S/C27H27N5O2.C2H6/c1-3-12-30-31(2)25-9-8-19(17-28-25)15-20-16-24-26(23-7-5-4-6-22(20)23)29-18-32(27(24)33)21-10-13-34-14-11-21;1-2/h3-9,12,16-18,21H,1,10-11,13-15H2,2H3;1-2H3/b30-12-;. The van der Waals surface area contributed by atoms with Crippen LogP contribution < -0.4 is 10.6 Å². The summed E-state index contributed by atoms with van der Waals surface area (Å²) in [5.41, 5.74) is 2.91. The topological polar surface area (TPSA) is 72.6 Å². The molecule has 4 aromatic rings. The van der Waals surface area contributed by atoms with Gasteiger partial charge in [0.1, 0.15) is 5.82 Å². The summed E-state index contributed by atoms with van der Waals surface area (Å²) in [6.45, 7) is 8.99. The summed E-state index contributed by atoms with van der Waals surface area (Å²) in [7, 11) is 1.84. The van der Waals surface area contributed by atoms with E-state index in [1.807, 2.05) is 63.5 Å². The molecule has 7 heteroatoms. The molecule has 2 aromatic heterocycles. The maximum atomic E-state index is 13.5. The number of ether oxygens (including phenoxy) is 1. The van der Waals surface area contributed by atoms with E-state index in [-0.39, 0.29) is 11.6 Å². The largest absolute Gasteiger partial charge is 0.381 e. The molecule has 1 aliphatic rings. The SMILES string of the molecule is C=C/C=N\N(C)c1ccc(Cc2cc3c(=O)n(C4CCOCC4)cnc3c3ccccc23)cn1.CC. The Hall–Kier alpha value is -3.84. The van der Waals surface area contributed by atoms with Crippen LogP contribution in [0.3, 0.4) is 0 Å². The first-order chi connectivity index (χ1) is 17.7. The van der Waals surface area contributed by atoms with Gasteiger partial charge in [-0.2, -0.15) is 5.10 Å². The molecule has 0 aliphatic carbocycles. The second-order valence-corrected chi connectivity index (χ2v) is 8.50. The predicted molar refractivity (Wildman–Crippen MR) is 148 cm³/mol. The lowest BCUT2D eigenvalue weighted by atomic mass is 9.96. The number of pyridine rings is 1. The summed E-state index contributed by atoms with van der Waals surface area (Å²) in [4.78, 5) is 22.8. The fourth-order valence-electron chi connectivity index (χ4n) is 4.56. The highest BCUT2D eigenvalue weighted by molar-refractivity contribution is 6.06. The molecule has 1 fully saturated rings. The molecule has 36 heavy (non-hydrogen) atoms. The lowest BCUT2D eigenvalue weighted by molar-refractivity contribution is 0.0685. The van der Waals surface area contributed by atoms with Gasteiger partial charge >= 0.3 is 0 Å². The van der Waals surface area contributed by atoms with Gasteiger partial charge < -0.3 is 4.74 Å². The Morgan fingerprint density at radius 3 is 2.56 bits per heavy atom. The van der Waals surface area contributed by atoms with Gasteiger partial charge in [-0.05, 0) is 54.0 Å². The number of hydrogen-bond acceptors (Lipinski definition) is 6. The number of aromatic nitrogens is 3. The van der Waals surface area contributed by atoms with Crippen LogP contribution in [0.15, 0.2) is 77.5 Å². The van der Waals surface area contributed by atoms with Gasteiger partial charge in [-0.25, -0.2) is 9.97 Å². The van der Waals surface area contributed by atoms with Crippen molar-refractivity contribution >= 4 is 33.7 Å². The minimum Gasteiger partial charge on any atom is -0.381 e. The molecule has 7 nitrogen and oxygen atoms in total. The summed E-state index contributed by atoms with van der Waals surface area (Å²) < 4.78 is 7.27. The Morgan fingerprint density at radius 2 is 1.86 bits per heavy atom. The third-order valence-corrected chi connectivity index (χ3v) is 6.34. The van der Waals surface area contributed by atoms with Crippen molar-refractivity contribution in [2.24, 2.45) is 5.10 Å². The van der Waals surface area contributed by atoms with Crippen LogP contribution in [0.2, 0.25) is 0 Å². The Labute approximate surface area is 211 Å². The maximum Gasteiger partial charge on any atom is 0.261 e. The van der Waals surface area contributed by atoms with Crippen molar-refractivity contribution in [3.8, 4) is 0 Å². The van der Waals surface area contributed by atoms with E-state index in [1.165, 1.54) is 0 Å². The highest BCUT2D eigenvalue weighted by atomic mass is 16.5. The van der Waals surface area contributed by atoms with Crippen LogP contribution in [-0.2, 0) is 11.2 Å². The zero-order valence-electron chi connectivity index (χ0n) is 21.2. The molecule has 186 valence electrons. The molecular formula is C29H33N5O2. The number of allylic oxidation sites excluding steroid dienone is 1. The first-order valence-electron chi connectivity index (χ1n) is 12.5. The summed E-state index contributed by atoms with van der Waals surface area (Å²) in [5, 5.41) is 8.68. The van der Waals surface area contributed by atoms with Gasteiger partial charge in [-0.3, -0.25) is 14.4 Å². The van der Waals surface area contributed by atoms with E-state index in [9.17, 15) is 4.79 Å². The van der Waals surface area contributed by atoms with Gasteiger partial charge in [0, 0.05) is 44.1 Å². The van der Waals surface area contributed by atoms with Gasteiger partial charge in [0.2, 0.25) is 0 Å². The average molecular weight is 484 g/mol. The second kappa shape index (κ2) is 11.7. The van der Waals surface area contributed by atoms with Crippen molar-refractivity contribution in [2.75, 3.05) is 25.3 Å². The van der Waals surface area contributed by atoms with Crippen LogP contribution in [0.5, 0.6) is 0 Å². The summed E-state index contributed by atoms with van der Waals surface area (Å²) >= 11 is 0. The van der Waals surface area contributed by atoms with E-state index < -0.39 is 0 Å².